The number of piperidine rings is 1. The Kier molecular flexibility index (Phi) is 5.60. The van der Waals surface area contributed by atoms with Gasteiger partial charge in [0.2, 0.25) is 5.91 Å². The molecule has 3 rings (SSSR count). The van der Waals surface area contributed by atoms with E-state index in [9.17, 15) is 4.79 Å². The Morgan fingerprint density at radius 3 is 2.60 bits per heavy atom. The number of anilines is 2. The molecule has 0 radical (unpaired) electrons. The van der Waals surface area contributed by atoms with Crippen LogP contribution in [-0.2, 0) is 4.79 Å². The van der Waals surface area contributed by atoms with Crippen molar-refractivity contribution in [3.05, 3.63) is 54.2 Å². The monoisotopic (exact) mass is 335 g/mol. The number of likely N-dealkylation sites (tertiary alicyclic amines) is 1. The smallest absolute Gasteiger partial charge is 0.238 e. The van der Waals surface area contributed by atoms with E-state index >= 15 is 0 Å². The molecule has 2 N–H and O–H groups in total. The zero-order valence-electron chi connectivity index (χ0n) is 14.0. The van der Waals surface area contributed by atoms with Gasteiger partial charge >= 0.3 is 0 Å². The molecule has 1 aliphatic heterocycles. The lowest BCUT2D eigenvalue weighted by atomic mass is 10.0. The molecule has 2 aromatic rings. The normalized spacial score (nSPS) is 15.3. The number of carbonyl (C=O) groups is 1. The molecule has 6 heteroatoms. The number of nitrogens with zero attached hydrogens (tertiary/aromatic N) is 3. The van der Waals surface area contributed by atoms with Gasteiger partial charge in [-0.2, -0.15) is 5.26 Å². The van der Waals surface area contributed by atoms with Crippen molar-refractivity contribution >= 4 is 17.4 Å². The van der Waals surface area contributed by atoms with E-state index in [2.05, 4.69) is 26.6 Å². The molecular formula is C19H21N5O. The van der Waals surface area contributed by atoms with Crippen LogP contribution >= 0.6 is 0 Å². The van der Waals surface area contributed by atoms with Crippen molar-refractivity contribution in [2.45, 2.75) is 18.9 Å². The van der Waals surface area contributed by atoms with Gasteiger partial charge in [0.15, 0.2) is 0 Å². The van der Waals surface area contributed by atoms with Gasteiger partial charge in [-0.3, -0.25) is 9.69 Å². The van der Waals surface area contributed by atoms with Crippen LogP contribution in [0.15, 0.2) is 48.7 Å². The molecule has 0 aliphatic carbocycles. The highest BCUT2D eigenvalue weighted by Crippen LogP contribution is 2.15. The van der Waals surface area contributed by atoms with Crippen LogP contribution in [0.1, 0.15) is 18.4 Å². The van der Waals surface area contributed by atoms with Gasteiger partial charge in [-0.15, -0.1) is 0 Å². The Labute approximate surface area is 147 Å². The number of carbonyl (C=O) groups excluding carboxylic acids is 1. The van der Waals surface area contributed by atoms with Gasteiger partial charge in [-0.1, -0.05) is 18.2 Å². The maximum Gasteiger partial charge on any atom is 0.238 e. The van der Waals surface area contributed by atoms with Crippen LogP contribution in [0.5, 0.6) is 0 Å². The lowest BCUT2D eigenvalue weighted by Crippen LogP contribution is -2.42. The maximum atomic E-state index is 12.1. The molecule has 1 saturated heterocycles. The molecule has 1 amide bonds. The van der Waals surface area contributed by atoms with Gasteiger partial charge in [-0.25, -0.2) is 4.98 Å². The Morgan fingerprint density at radius 1 is 1.20 bits per heavy atom. The summed E-state index contributed by atoms with van der Waals surface area (Å²) in [5, 5.41) is 15.1. The lowest BCUT2D eigenvalue weighted by molar-refractivity contribution is -0.117. The highest BCUT2D eigenvalue weighted by molar-refractivity contribution is 5.92. The highest BCUT2D eigenvalue weighted by atomic mass is 16.2. The molecular weight excluding hydrogens is 314 g/mol. The number of pyridine rings is 1. The zero-order chi connectivity index (χ0) is 17.5. The second-order valence-corrected chi connectivity index (χ2v) is 6.15. The lowest BCUT2D eigenvalue weighted by Gasteiger charge is -2.32. The Morgan fingerprint density at radius 2 is 1.96 bits per heavy atom. The van der Waals surface area contributed by atoms with Crippen LogP contribution in [0.2, 0.25) is 0 Å². The van der Waals surface area contributed by atoms with Crippen molar-refractivity contribution in [1.82, 2.24) is 9.88 Å². The van der Waals surface area contributed by atoms with Gasteiger partial charge in [-0.05, 0) is 37.1 Å². The fraction of sp³-hybridized carbons (Fsp3) is 0.316. The largest absolute Gasteiger partial charge is 0.367 e. The summed E-state index contributed by atoms with van der Waals surface area (Å²) in [5.41, 5.74) is 1.39. The first kappa shape index (κ1) is 16.9. The van der Waals surface area contributed by atoms with Crippen LogP contribution in [0.4, 0.5) is 11.5 Å². The standard InChI is InChI=1S/C19H21N5O/c20-12-15-6-7-18(21-13-15)22-17-8-10-24(11-9-17)14-19(25)23-16-4-2-1-3-5-16/h1-7,13,17H,8-11,14H2,(H,21,22)(H,23,25). The van der Waals surface area contributed by atoms with E-state index < -0.39 is 0 Å². The van der Waals surface area contributed by atoms with E-state index in [1.165, 1.54) is 0 Å². The van der Waals surface area contributed by atoms with Crippen LogP contribution < -0.4 is 10.6 Å². The predicted octanol–water partition coefficient (Wildman–Crippen LogP) is 2.47. The van der Waals surface area contributed by atoms with E-state index in [4.69, 9.17) is 5.26 Å². The van der Waals surface area contributed by atoms with Gasteiger partial charge in [0.05, 0.1) is 12.1 Å². The zero-order valence-corrected chi connectivity index (χ0v) is 14.0. The second kappa shape index (κ2) is 8.27. The molecule has 0 unspecified atom stereocenters. The number of nitriles is 1. The quantitative estimate of drug-likeness (QED) is 0.877. The Hall–Kier alpha value is -2.91. The van der Waals surface area contributed by atoms with Gasteiger partial charge in [0, 0.05) is 31.0 Å². The third-order valence-corrected chi connectivity index (χ3v) is 4.26. The first-order valence-electron chi connectivity index (χ1n) is 8.43. The minimum absolute atomic E-state index is 0.0198. The summed E-state index contributed by atoms with van der Waals surface area (Å²) >= 11 is 0. The molecule has 1 aliphatic rings. The minimum atomic E-state index is 0.0198. The van der Waals surface area contributed by atoms with Crippen molar-refractivity contribution in [3.8, 4) is 6.07 Å². The molecule has 0 saturated carbocycles. The van der Waals surface area contributed by atoms with E-state index in [1.54, 1.807) is 12.3 Å². The summed E-state index contributed by atoms with van der Waals surface area (Å²) in [6.07, 6.45) is 3.49. The predicted molar refractivity (Wildman–Crippen MR) is 97.1 cm³/mol. The summed E-state index contributed by atoms with van der Waals surface area (Å²) in [7, 11) is 0. The number of para-hydroxylation sites is 1. The highest BCUT2D eigenvalue weighted by Gasteiger charge is 2.21. The first-order chi connectivity index (χ1) is 12.2. The fourth-order valence-electron chi connectivity index (χ4n) is 2.92. The molecule has 0 atom stereocenters. The number of nitrogens with one attached hydrogen (secondary N) is 2. The van der Waals surface area contributed by atoms with Crippen LogP contribution in [0.3, 0.4) is 0 Å². The molecule has 25 heavy (non-hydrogen) atoms. The minimum Gasteiger partial charge on any atom is -0.367 e. The van der Waals surface area contributed by atoms with Crippen molar-refractivity contribution < 1.29 is 4.79 Å². The SMILES string of the molecule is N#Cc1ccc(NC2CCN(CC(=O)Nc3ccccc3)CC2)nc1. The Bertz CT molecular complexity index is 731. The summed E-state index contributed by atoms with van der Waals surface area (Å²) < 4.78 is 0. The summed E-state index contributed by atoms with van der Waals surface area (Å²) in [5.74, 6) is 0.811. The van der Waals surface area contributed by atoms with Crippen LogP contribution in [0.25, 0.3) is 0 Å². The number of hydrogen-bond acceptors (Lipinski definition) is 5. The molecule has 2 heterocycles. The molecule has 1 aromatic carbocycles. The van der Waals surface area contributed by atoms with E-state index in [1.807, 2.05) is 36.4 Å². The third-order valence-electron chi connectivity index (χ3n) is 4.26. The number of benzene rings is 1. The molecule has 0 bridgehead atoms. The average Bonchev–Trinajstić information content (AvgIpc) is 2.65. The van der Waals surface area contributed by atoms with E-state index in [-0.39, 0.29) is 5.91 Å². The average molecular weight is 335 g/mol. The van der Waals surface area contributed by atoms with Crippen molar-refractivity contribution in [1.29, 1.82) is 5.26 Å². The number of aromatic nitrogens is 1. The molecule has 6 nitrogen and oxygen atoms in total. The van der Waals surface area contributed by atoms with Crippen LogP contribution in [0, 0.1) is 11.3 Å². The Balaban J connectivity index is 1.42. The number of rotatable bonds is 5. The van der Waals surface area contributed by atoms with Crippen molar-refractivity contribution in [2.75, 3.05) is 30.3 Å². The maximum absolute atomic E-state index is 12.1. The van der Waals surface area contributed by atoms with E-state index in [0.717, 1.165) is 37.4 Å². The van der Waals surface area contributed by atoms with Gasteiger partial charge in [0.25, 0.3) is 0 Å². The molecule has 128 valence electrons. The van der Waals surface area contributed by atoms with E-state index in [0.29, 0.717) is 18.2 Å². The second-order valence-electron chi connectivity index (χ2n) is 6.15. The first-order valence-corrected chi connectivity index (χ1v) is 8.43. The topological polar surface area (TPSA) is 81.0 Å². The summed E-state index contributed by atoms with van der Waals surface area (Å²) in [6.45, 7) is 2.16. The third kappa shape index (κ3) is 5.03. The molecule has 1 fully saturated rings. The number of amides is 1. The van der Waals surface area contributed by atoms with Crippen LogP contribution in [-0.4, -0.2) is 41.5 Å². The number of hydrogen-bond donors (Lipinski definition) is 2. The fourth-order valence-corrected chi connectivity index (χ4v) is 2.92. The van der Waals surface area contributed by atoms with Gasteiger partial charge < -0.3 is 10.6 Å². The molecule has 1 aromatic heterocycles. The van der Waals surface area contributed by atoms with Crippen molar-refractivity contribution in [3.63, 3.8) is 0 Å². The van der Waals surface area contributed by atoms with Crippen molar-refractivity contribution in [2.24, 2.45) is 0 Å². The summed E-state index contributed by atoms with van der Waals surface area (Å²) in [4.78, 5) is 18.5. The molecule has 0 spiro atoms. The summed E-state index contributed by atoms with van der Waals surface area (Å²) in [6, 6.07) is 15.5. The van der Waals surface area contributed by atoms with Gasteiger partial charge in [0.1, 0.15) is 11.9 Å².